The number of carbonyl (C=O) groups is 1. The van der Waals surface area contributed by atoms with Crippen molar-refractivity contribution in [3.8, 4) is 5.75 Å². The molecular weight excluding hydrogens is 320 g/mol. The van der Waals surface area contributed by atoms with E-state index in [-0.39, 0.29) is 28.4 Å². The summed E-state index contributed by atoms with van der Waals surface area (Å²) in [6.07, 6.45) is 3.54. The van der Waals surface area contributed by atoms with E-state index in [1.54, 1.807) is 6.92 Å². The molecule has 1 fully saturated rings. The van der Waals surface area contributed by atoms with Gasteiger partial charge in [-0.1, -0.05) is 31.4 Å². The molecule has 0 aromatic heterocycles. The van der Waals surface area contributed by atoms with E-state index in [0.717, 1.165) is 19.3 Å². The van der Waals surface area contributed by atoms with Crippen molar-refractivity contribution in [3.05, 3.63) is 33.3 Å². The number of nitro benzene ring substituents is 1. The van der Waals surface area contributed by atoms with Crippen LogP contribution >= 0.6 is 11.6 Å². The predicted molar refractivity (Wildman–Crippen MR) is 87.8 cm³/mol. The zero-order valence-corrected chi connectivity index (χ0v) is 14.0. The third-order valence-corrected chi connectivity index (χ3v) is 4.46. The van der Waals surface area contributed by atoms with Crippen molar-refractivity contribution in [1.29, 1.82) is 0 Å². The maximum Gasteiger partial charge on any atom is 0.312 e. The third kappa shape index (κ3) is 4.58. The largest absolute Gasteiger partial charge is 0.474 e. The maximum atomic E-state index is 12.3. The van der Waals surface area contributed by atoms with Crippen LogP contribution in [-0.2, 0) is 4.79 Å². The fourth-order valence-corrected chi connectivity index (χ4v) is 2.97. The molecule has 0 bridgehead atoms. The number of benzene rings is 1. The van der Waals surface area contributed by atoms with Gasteiger partial charge in [-0.15, -0.1) is 0 Å². The van der Waals surface area contributed by atoms with Crippen LogP contribution in [0.3, 0.4) is 0 Å². The van der Waals surface area contributed by atoms with Crippen LogP contribution in [0.2, 0.25) is 5.02 Å². The van der Waals surface area contributed by atoms with Crippen molar-refractivity contribution in [3.63, 3.8) is 0 Å². The lowest BCUT2D eigenvalue weighted by atomic mass is 9.86. The van der Waals surface area contributed by atoms with Crippen molar-refractivity contribution < 1.29 is 14.5 Å². The molecule has 3 atom stereocenters. The number of carbonyl (C=O) groups excluding carboxylic acids is 1. The highest BCUT2D eigenvalue weighted by Crippen LogP contribution is 2.31. The smallest absolute Gasteiger partial charge is 0.312 e. The SMILES string of the molecule is C[C@@H](Oc1ccc(Cl)cc1[N+](=O)[O-])C(=O)N[C@H]1CCCC[C@@H]1C. The van der Waals surface area contributed by atoms with E-state index in [2.05, 4.69) is 12.2 Å². The van der Waals surface area contributed by atoms with E-state index < -0.39 is 11.0 Å². The number of rotatable bonds is 5. The Balaban J connectivity index is 2.02. The average molecular weight is 341 g/mol. The number of ether oxygens (including phenoxy) is 1. The van der Waals surface area contributed by atoms with Gasteiger partial charge in [0.15, 0.2) is 11.9 Å². The molecule has 0 heterocycles. The second kappa shape index (κ2) is 7.64. The molecule has 1 aliphatic carbocycles. The van der Waals surface area contributed by atoms with Crippen LogP contribution in [0.1, 0.15) is 39.5 Å². The molecule has 7 heteroatoms. The predicted octanol–water partition coefficient (Wildman–Crippen LogP) is 3.71. The molecule has 126 valence electrons. The summed E-state index contributed by atoms with van der Waals surface area (Å²) in [4.78, 5) is 22.8. The van der Waals surface area contributed by atoms with Crippen LogP contribution in [0.15, 0.2) is 18.2 Å². The van der Waals surface area contributed by atoms with Gasteiger partial charge in [0.2, 0.25) is 0 Å². The molecule has 1 amide bonds. The fourth-order valence-electron chi connectivity index (χ4n) is 2.81. The van der Waals surface area contributed by atoms with E-state index in [1.165, 1.54) is 24.6 Å². The molecule has 0 spiro atoms. The minimum absolute atomic E-state index is 0.0405. The Morgan fingerprint density at radius 3 is 2.78 bits per heavy atom. The summed E-state index contributed by atoms with van der Waals surface area (Å²) in [5.74, 6) is 0.219. The second-order valence-corrected chi connectivity index (χ2v) is 6.44. The molecular formula is C16H21ClN2O4. The van der Waals surface area contributed by atoms with Crippen LogP contribution in [0, 0.1) is 16.0 Å². The Labute approximate surface area is 140 Å². The van der Waals surface area contributed by atoms with E-state index >= 15 is 0 Å². The summed E-state index contributed by atoms with van der Waals surface area (Å²) < 4.78 is 5.49. The highest BCUT2D eigenvalue weighted by atomic mass is 35.5. The van der Waals surface area contributed by atoms with Gasteiger partial charge < -0.3 is 10.1 Å². The maximum absolute atomic E-state index is 12.3. The van der Waals surface area contributed by atoms with Gasteiger partial charge in [0.05, 0.1) is 4.92 Å². The standard InChI is InChI=1S/C16H21ClN2O4/c1-10-5-3-4-6-13(10)18-16(20)11(2)23-15-8-7-12(17)9-14(15)19(21)22/h7-11,13H,3-6H2,1-2H3,(H,18,20)/t10-,11+,13-/m0/s1. The topological polar surface area (TPSA) is 81.5 Å². The quantitative estimate of drug-likeness (QED) is 0.654. The van der Waals surface area contributed by atoms with Gasteiger partial charge in [-0.3, -0.25) is 14.9 Å². The second-order valence-electron chi connectivity index (χ2n) is 6.01. The highest BCUT2D eigenvalue weighted by molar-refractivity contribution is 6.30. The van der Waals surface area contributed by atoms with Gasteiger partial charge in [-0.2, -0.15) is 0 Å². The normalized spacial score (nSPS) is 22.2. The van der Waals surface area contributed by atoms with Crippen LogP contribution in [0.25, 0.3) is 0 Å². The Morgan fingerprint density at radius 1 is 1.43 bits per heavy atom. The van der Waals surface area contributed by atoms with Crippen LogP contribution in [0.5, 0.6) is 5.75 Å². The molecule has 23 heavy (non-hydrogen) atoms. The zero-order chi connectivity index (χ0) is 17.0. The molecule has 1 aromatic rings. The summed E-state index contributed by atoms with van der Waals surface area (Å²) in [5.41, 5.74) is -0.247. The summed E-state index contributed by atoms with van der Waals surface area (Å²) in [6.45, 7) is 3.71. The molecule has 0 saturated heterocycles. The zero-order valence-electron chi connectivity index (χ0n) is 13.3. The number of hydrogen-bond acceptors (Lipinski definition) is 4. The van der Waals surface area contributed by atoms with Crippen molar-refractivity contribution in [2.75, 3.05) is 0 Å². The van der Waals surface area contributed by atoms with Gasteiger partial charge in [-0.05, 0) is 37.8 Å². The number of amides is 1. The lowest BCUT2D eigenvalue weighted by molar-refractivity contribution is -0.386. The van der Waals surface area contributed by atoms with E-state index in [1.807, 2.05) is 0 Å². The Bertz CT molecular complexity index is 593. The summed E-state index contributed by atoms with van der Waals surface area (Å²) in [7, 11) is 0. The van der Waals surface area contributed by atoms with Crippen molar-refractivity contribution in [2.24, 2.45) is 5.92 Å². The molecule has 2 rings (SSSR count). The van der Waals surface area contributed by atoms with E-state index in [4.69, 9.17) is 16.3 Å². The molecule has 1 saturated carbocycles. The van der Waals surface area contributed by atoms with E-state index in [0.29, 0.717) is 5.92 Å². The first-order valence-electron chi connectivity index (χ1n) is 7.79. The van der Waals surface area contributed by atoms with Gasteiger partial charge in [0.25, 0.3) is 5.91 Å². The van der Waals surface area contributed by atoms with Gasteiger partial charge in [-0.25, -0.2) is 0 Å². The molecule has 0 aliphatic heterocycles. The lowest BCUT2D eigenvalue weighted by Crippen LogP contribution is -2.46. The minimum Gasteiger partial charge on any atom is -0.474 e. The van der Waals surface area contributed by atoms with Crippen LogP contribution in [-0.4, -0.2) is 23.0 Å². The van der Waals surface area contributed by atoms with Crippen LogP contribution < -0.4 is 10.1 Å². The minimum atomic E-state index is -0.816. The van der Waals surface area contributed by atoms with Crippen molar-refractivity contribution in [2.45, 2.75) is 51.7 Å². The molecule has 0 unspecified atom stereocenters. The highest BCUT2D eigenvalue weighted by Gasteiger charge is 2.27. The molecule has 1 aromatic carbocycles. The summed E-state index contributed by atoms with van der Waals surface area (Å²) >= 11 is 5.77. The number of hydrogen-bond donors (Lipinski definition) is 1. The molecule has 1 N–H and O–H groups in total. The average Bonchev–Trinajstić information content (AvgIpc) is 2.51. The first kappa shape index (κ1) is 17.5. The summed E-state index contributed by atoms with van der Waals surface area (Å²) in [6, 6.07) is 4.26. The van der Waals surface area contributed by atoms with Gasteiger partial charge in [0, 0.05) is 17.1 Å². The number of nitrogens with zero attached hydrogens (tertiary/aromatic N) is 1. The Kier molecular flexibility index (Phi) is 5.82. The first-order valence-corrected chi connectivity index (χ1v) is 8.17. The van der Waals surface area contributed by atoms with Crippen molar-refractivity contribution in [1.82, 2.24) is 5.32 Å². The lowest BCUT2D eigenvalue weighted by Gasteiger charge is -2.30. The Hall–Kier alpha value is -1.82. The number of nitro groups is 1. The molecule has 6 nitrogen and oxygen atoms in total. The molecule has 1 aliphatic rings. The monoisotopic (exact) mass is 340 g/mol. The number of halogens is 1. The van der Waals surface area contributed by atoms with Gasteiger partial charge >= 0.3 is 5.69 Å². The first-order chi connectivity index (χ1) is 10.9. The fraction of sp³-hybridized carbons (Fsp3) is 0.562. The van der Waals surface area contributed by atoms with Crippen molar-refractivity contribution >= 4 is 23.2 Å². The number of nitrogens with one attached hydrogen (secondary N) is 1. The van der Waals surface area contributed by atoms with E-state index in [9.17, 15) is 14.9 Å². The Morgan fingerprint density at radius 2 is 2.13 bits per heavy atom. The summed E-state index contributed by atoms with van der Waals surface area (Å²) in [5, 5.41) is 14.3. The molecule has 0 radical (unpaired) electrons. The van der Waals surface area contributed by atoms with Crippen LogP contribution in [0.4, 0.5) is 5.69 Å². The third-order valence-electron chi connectivity index (χ3n) is 4.23. The van der Waals surface area contributed by atoms with Gasteiger partial charge in [0.1, 0.15) is 0 Å².